The van der Waals surface area contributed by atoms with E-state index in [1.54, 1.807) is 22.7 Å². The minimum atomic E-state index is 0.748. The normalized spacial score (nSPS) is 10.8. The smallest absolute Gasteiger partial charge is 0.191 e. The second-order valence-corrected chi connectivity index (χ2v) is 5.05. The zero-order chi connectivity index (χ0) is 11.0. The molecule has 3 aromatic heterocycles. The molecule has 0 aromatic carbocycles. The van der Waals surface area contributed by atoms with Crippen molar-refractivity contribution in [2.24, 2.45) is 0 Å². The summed E-state index contributed by atoms with van der Waals surface area (Å²) in [7, 11) is 0. The topological polar surface area (TPSA) is 54.5 Å². The maximum Gasteiger partial charge on any atom is 0.191 e. The van der Waals surface area contributed by atoms with Crippen molar-refractivity contribution >= 4 is 22.7 Å². The Morgan fingerprint density at radius 3 is 2.94 bits per heavy atom. The average Bonchev–Trinajstić information content (AvgIpc) is 2.96. The van der Waals surface area contributed by atoms with Gasteiger partial charge in [0.25, 0.3) is 0 Å². The molecule has 0 saturated carbocycles. The van der Waals surface area contributed by atoms with E-state index in [1.807, 2.05) is 29.9 Å². The number of thiazole rings is 1. The second kappa shape index (κ2) is 3.80. The van der Waals surface area contributed by atoms with Crippen LogP contribution in [0.15, 0.2) is 23.0 Å². The van der Waals surface area contributed by atoms with Crippen LogP contribution in [0.2, 0.25) is 0 Å². The van der Waals surface area contributed by atoms with Gasteiger partial charge in [0.05, 0.1) is 21.0 Å². The van der Waals surface area contributed by atoms with Gasteiger partial charge < -0.3 is 0 Å². The van der Waals surface area contributed by atoms with Gasteiger partial charge in [-0.15, -0.1) is 22.7 Å². The van der Waals surface area contributed by atoms with E-state index in [2.05, 4.69) is 20.2 Å². The van der Waals surface area contributed by atoms with Crippen molar-refractivity contribution in [1.82, 2.24) is 20.2 Å². The number of rotatable bonds is 2. The number of aryl methyl sites for hydroxylation is 1. The van der Waals surface area contributed by atoms with Crippen LogP contribution in [0.25, 0.3) is 21.4 Å². The lowest BCUT2D eigenvalue weighted by atomic mass is 10.4. The van der Waals surface area contributed by atoms with Gasteiger partial charge in [0, 0.05) is 0 Å². The Labute approximate surface area is 100 Å². The molecule has 0 aliphatic rings. The summed E-state index contributed by atoms with van der Waals surface area (Å²) in [6.45, 7) is 1.97. The third-order valence-corrected chi connectivity index (χ3v) is 3.99. The lowest BCUT2D eigenvalue weighted by Gasteiger charge is -1.89. The standard InChI is InChI=1S/C10H8N4S2/c1-6-8(16-5-11-6)10-12-9(13-14-10)7-3-2-4-15-7/h2-5H,1H3,(H,12,13,14). The van der Waals surface area contributed by atoms with Gasteiger partial charge in [0.15, 0.2) is 11.6 Å². The van der Waals surface area contributed by atoms with Crippen molar-refractivity contribution in [2.75, 3.05) is 0 Å². The Balaban J connectivity index is 2.03. The lowest BCUT2D eigenvalue weighted by molar-refractivity contribution is 1.10. The molecule has 80 valence electrons. The minimum absolute atomic E-state index is 0.748. The number of nitrogens with one attached hydrogen (secondary N) is 1. The largest absolute Gasteiger partial charge is 0.258 e. The summed E-state index contributed by atoms with van der Waals surface area (Å²) in [6.07, 6.45) is 0. The molecule has 3 heterocycles. The Kier molecular flexibility index (Phi) is 2.30. The van der Waals surface area contributed by atoms with E-state index >= 15 is 0 Å². The quantitative estimate of drug-likeness (QED) is 0.758. The highest BCUT2D eigenvalue weighted by Crippen LogP contribution is 2.27. The molecule has 0 aliphatic heterocycles. The molecule has 0 amide bonds. The van der Waals surface area contributed by atoms with Gasteiger partial charge >= 0.3 is 0 Å². The molecule has 0 aliphatic carbocycles. The maximum atomic E-state index is 4.47. The van der Waals surface area contributed by atoms with Crippen molar-refractivity contribution in [3.05, 3.63) is 28.7 Å². The van der Waals surface area contributed by atoms with Crippen LogP contribution in [0.5, 0.6) is 0 Å². The molecule has 4 nitrogen and oxygen atoms in total. The number of hydrogen-bond donors (Lipinski definition) is 1. The van der Waals surface area contributed by atoms with E-state index in [4.69, 9.17) is 0 Å². The molecule has 6 heteroatoms. The molecule has 1 N–H and O–H groups in total. The van der Waals surface area contributed by atoms with Gasteiger partial charge in [-0.1, -0.05) is 6.07 Å². The SMILES string of the molecule is Cc1ncsc1-c1nc(-c2cccs2)n[nH]1. The highest BCUT2D eigenvalue weighted by atomic mass is 32.1. The van der Waals surface area contributed by atoms with Crippen molar-refractivity contribution < 1.29 is 0 Å². The highest BCUT2D eigenvalue weighted by Gasteiger charge is 2.11. The van der Waals surface area contributed by atoms with E-state index in [0.29, 0.717) is 0 Å². The average molecular weight is 248 g/mol. The fraction of sp³-hybridized carbons (Fsp3) is 0.100. The van der Waals surface area contributed by atoms with Crippen molar-refractivity contribution in [3.63, 3.8) is 0 Å². The molecule has 0 radical (unpaired) electrons. The molecule has 3 aromatic rings. The van der Waals surface area contributed by atoms with Crippen molar-refractivity contribution in [3.8, 4) is 21.4 Å². The Morgan fingerprint density at radius 2 is 2.25 bits per heavy atom. The van der Waals surface area contributed by atoms with Crippen LogP contribution >= 0.6 is 22.7 Å². The van der Waals surface area contributed by atoms with Gasteiger partial charge in [-0.25, -0.2) is 9.97 Å². The van der Waals surface area contributed by atoms with Crippen molar-refractivity contribution in [2.45, 2.75) is 6.92 Å². The lowest BCUT2D eigenvalue weighted by Crippen LogP contribution is -1.80. The first-order valence-corrected chi connectivity index (χ1v) is 6.47. The highest BCUT2D eigenvalue weighted by molar-refractivity contribution is 7.13. The zero-order valence-electron chi connectivity index (χ0n) is 8.47. The van der Waals surface area contributed by atoms with Gasteiger partial charge in [-0.3, -0.25) is 5.10 Å². The van der Waals surface area contributed by atoms with E-state index < -0.39 is 0 Å². The number of aromatic nitrogens is 4. The first-order valence-electron chi connectivity index (χ1n) is 4.71. The number of hydrogen-bond acceptors (Lipinski definition) is 5. The fourth-order valence-corrected chi connectivity index (χ4v) is 2.81. The van der Waals surface area contributed by atoms with Gasteiger partial charge in [0.1, 0.15) is 0 Å². The minimum Gasteiger partial charge on any atom is -0.258 e. The zero-order valence-corrected chi connectivity index (χ0v) is 10.1. The molecule has 0 atom stereocenters. The number of H-pyrrole nitrogens is 1. The van der Waals surface area contributed by atoms with E-state index in [1.165, 1.54) is 0 Å². The first-order chi connectivity index (χ1) is 7.84. The predicted octanol–water partition coefficient (Wildman–Crippen LogP) is 2.97. The first kappa shape index (κ1) is 9.68. The van der Waals surface area contributed by atoms with Crippen LogP contribution in [-0.4, -0.2) is 20.2 Å². The van der Waals surface area contributed by atoms with E-state index in [9.17, 15) is 0 Å². The van der Waals surface area contributed by atoms with Crippen LogP contribution in [0.4, 0.5) is 0 Å². The molecular weight excluding hydrogens is 240 g/mol. The summed E-state index contributed by atoms with van der Waals surface area (Å²) in [5.74, 6) is 1.54. The van der Waals surface area contributed by atoms with Crippen LogP contribution in [0.3, 0.4) is 0 Å². The molecule has 0 bridgehead atoms. The van der Waals surface area contributed by atoms with Gasteiger partial charge in [-0.2, -0.15) is 5.10 Å². The number of thiophene rings is 1. The Hall–Kier alpha value is -1.53. The molecule has 0 fully saturated rings. The van der Waals surface area contributed by atoms with Crippen LogP contribution < -0.4 is 0 Å². The molecule has 16 heavy (non-hydrogen) atoms. The van der Waals surface area contributed by atoms with Gasteiger partial charge in [-0.05, 0) is 18.4 Å². The summed E-state index contributed by atoms with van der Waals surface area (Å²) in [6, 6.07) is 4.01. The Morgan fingerprint density at radius 1 is 1.31 bits per heavy atom. The molecule has 0 unspecified atom stereocenters. The number of nitrogens with zero attached hydrogens (tertiary/aromatic N) is 3. The molecule has 0 spiro atoms. The van der Waals surface area contributed by atoms with Crippen molar-refractivity contribution in [1.29, 1.82) is 0 Å². The fourth-order valence-electron chi connectivity index (χ4n) is 1.41. The third kappa shape index (κ3) is 1.56. The monoisotopic (exact) mass is 248 g/mol. The third-order valence-electron chi connectivity index (χ3n) is 2.19. The number of aromatic amines is 1. The molecule has 3 rings (SSSR count). The summed E-state index contributed by atoms with van der Waals surface area (Å²) < 4.78 is 0. The summed E-state index contributed by atoms with van der Waals surface area (Å²) in [4.78, 5) is 10.8. The predicted molar refractivity (Wildman–Crippen MR) is 65.5 cm³/mol. The van der Waals surface area contributed by atoms with Gasteiger partial charge in [0.2, 0.25) is 0 Å². The molecule has 0 saturated heterocycles. The van der Waals surface area contributed by atoms with E-state index in [-0.39, 0.29) is 0 Å². The summed E-state index contributed by atoms with van der Waals surface area (Å²) in [5, 5.41) is 9.18. The molecular formula is C10H8N4S2. The Bertz CT molecular complexity index is 594. The van der Waals surface area contributed by atoms with E-state index in [0.717, 1.165) is 27.1 Å². The second-order valence-electron chi connectivity index (χ2n) is 3.25. The maximum absolute atomic E-state index is 4.47. The van der Waals surface area contributed by atoms with Crippen LogP contribution in [-0.2, 0) is 0 Å². The van der Waals surface area contributed by atoms with Crippen LogP contribution in [0.1, 0.15) is 5.69 Å². The summed E-state index contributed by atoms with van der Waals surface area (Å²) >= 11 is 3.21. The van der Waals surface area contributed by atoms with Crippen LogP contribution in [0, 0.1) is 6.92 Å². The summed E-state index contributed by atoms with van der Waals surface area (Å²) in [5.41, 5.74) is 2.80.